The van der Waals surface area contributed by atoms with Gasteiger partial charge in [0.1, 0.15) is 0 Å². The maximum absolute atomic E-state index is 12.9. The number of halogens is 2. The minimum absolute atomic E-state index is 0.461. The first-order valence-corrected chi connectivity index (χ1v) is 9.32. The summed E-state index contributed by atoms with van der Waals surface area (Å²) in [4.78, 5) is 13.5. The van der Waals surface area contributed by atoms with E-state index >= 15 is 0 Å². The van der Waals surface area contributed by atoms with Gasteiger partial charge in [-0.3, -0.25) is 4.99 Å². The van der Waals surface area contributed by atoms with E-state index in [4.69, 9.17) is 4.99 Å². The SMILES string of the molecule is CN(C)CC1CC2=C(c3cnn(C(F)F)c3)CN=C(c3nccs3)N2C1. The number of aliphatic imine (C=N–C) groups is 1. The number of thiazole rings is 1. The van der Waals surface area contributed by atoms with E-state index in [2.05, 4.69) is 34.0 Å². The lowest BCUT2D eigenvalue weighted by Gasteiger charge is -2.27. The lowest BCUT2D eigenvalue weighted by atomic mass is 10.0. The highest BCUT2D eigenvalue weighted by molar-refractivity contribution is 7.11. The third-order valence-corrected chi connectivity index (χ3v) is 5.41. The van der Waals surface area contributed by atoms with Crippen LogP contribution in [-0.4, -0.2) is 64.1 Å². The summed E-state index contributed by atoms with van der Waals surface area (Å²) in [5, 5.41) is 6.63. The largest absolute Gasteiger partial charge is 0.333 e. The fourth-order valence-electron chi connectivity index (χ4n) is 3.66. The molecule has 0 saturated carbocycles. The predicted molar refractivity (Wildman–Crippen MR) is 97.3 cm³/mol. The molecular formula is C17H20F2N6S. The van der Waals surface area contributed by atoms with Crippen molar-refractivity contribution in [1.29, 1.82) is 0 Å². The molecule has 0 radical (unpaired) electrons. The van der Waals surface area contributed by atoms with Gasteiger partial charge in [0.25, 0.3) is 0 Å². The number of aromatic nitrogens is 3. The van der Waals surface area contributed by atoms with Gasteiger partial charge < -0.3 is 9.80 Å². The Labute approximate surface area is 154 Å². The van der Waals surface area contributed by atoms with Gasteiger partial charge >= 0.3 is 6.55 Å². The van der Waals surface area contributed by atoms with Crippen LogP contribution in [0.4, 0.5) is 8.78 Å². The Bertz CT molecular complexity index is 839. The number of alkyl halides is 2. The molecule has 0 N–H and O–H groups in total. The quantitative estimate of drug-likeness (QED) is 0.803. The molecule has 1 atom stereocenters. The van der Waals surface area contributed by atoms with Gasteiger partial charge in [-0.15, -0.1) is 11.3 Å². The molecule has 1 unspecified atom stereocenters. The van der Waals surface area contributed by atoms with Crippen LogP contribution in [0.15, 0.2) is 34.7 Å². The molecule has 1 saturated heterocycles. The average Bonchev–Trinajstić information content (AvgIpc) is 3.33. The zero-order valence-electron chi connectivity index (χ0n) is 14.6. The molecule has 2 aliphatic heterocycles. The van der Waals surface area contributed by atoms with Crippen LogP contribution in [0.25, 0.3) is 5.57 Å². The van der Waals surface area contributed by atoms with Crippen molar-refractivity contribution in [3.8, 4) is 0 Å². The summed E-state index contributed by atoms with van der Waals surface area (Å²) in [6.45, 7) is -0.342. The molecule has 2 aromatic heterocycles. The second-order valence-corrected chi connectivity index (χ2v) is 7.73. The van der Waals surface area contributed by atoms with E-state index in [9.17, 15) is 8.78 Å². The van der Waals surface area contributed by atoms with Crippen LogP contribution in [0.3, 0.4) is 0 Å². The lowest BCUT2D eigenvalue weighted by Crippen LogP contribution is -2.33. The van der Waals surface area contributed by atoms with E-state index in [1.165, 1.54) is 12.4 Å². The van der Waals surface area contributed by atoms with Gasteiger partial charge in [-0.2, -0.15) is 13.9 Å². The van der Waals surface area contributed by atoms with Gasteiger partial charge in [0, 0.05) is 47.7 Å². The maximum atomic E-state index is 12.9. The summed E-state index contributed by atoms with van der Waals surface area (Å²) in [5.74, 6) is 1.35. The average molecular weight is 378 g/mol. The van der Waals surface area contributed by atoms with Crippen molar-refractivity contribution in [3.05, 3.63) is 40.2 Å². The first-order valence-electron chi connectivity index (χ1n) is 8.44. The monoisotopic (exact) mass is 378 g/mol. The number of hydrogen-bond acceptors (Lipinski definition) is 6. The minimum atomic E-state index is -2.63. The highest BCUT2D eigenvalue weighted by Crippen LogP contribution is 2.37. The second-order valence-electron chi connectivity index (χ2n) is 6.83. The Kier molecular flexibility index (Phi) is 4.58. The van der Waals surface area contributed by atoms with Gasteiger partial charge in [-0.05, 0) is 26.4 Å². The summed E-state index contributed by atoms with van der Waals surface area (Å²) < 4.78 is 26.5. The molecule has 1 fully saturated rings. The molecule has 26 heavy (non-hydrogen) atoms. The van der Waals surface area contributed by atoms with Crippen molar-refractivity contribution in [3.63, 3.8) is 0 Å². The Hall–Kier alpha value is -2.13. The zero-order chi connectivity index (χ0) is 18.3. The number of fused-ring (bicyclic) bond motifs is 1. The van der Waals surface area contributed by atoms with Crippen LogP contribution >= 0.6 is 11.3 Å². The van der Waals surface area contributed by atoms with E-state index < -0.39 is 6.55 Å². The zero-order valence-corrected chi connectivity index (χ0v) is 15.5. The van der Waals surface area contributed by atoms with E-state index in [0.29, 0.717) is 17.1 Å². The maximum Gasteiger partial charge on any atom is 0.333 e. The van der Waals surface area contributed by atoms with Crippen LogP contribution < -0.4 is 0 Å². The van der Waals surface area contributed by atoms with Crippen LogP contribution in [-0.2, 0) is 0 Å². The molecule has 0 aromatic carbocycles. The molecule has 0 bridgehead atoms. The van der Waals surface area contributed by atoms with Crippen LogP contribution in [0.5, 0.6) is 0 Å². The van der Waals surface area contributed by atoms with E-state index in [1.807, 2.05) is 5.38 Å². The summed E-state index contributed by atoms with van der Waals surface area (Å²) in [5.41, 5.74) is 2.86. The van der Waals surface area contributed by atoms with Gasteiger partial charge in [-0.25, -0.2) is 9.67 Å². The molecule has 0 amide bonds. The van der Waals surface area contributed by atoms with Gasteiger partial charge in [0.05, 0.1) is 12.7 Å². The Balaban J connectivity index is 1.70. The van der Waals surface area contributed by atoms with E-state index in [0.717, 1.165) is 47.2 Å². The molecule has 0 spiro atoms. The molecule has 2 aromatic rings. The van der Waals surface area contributed by atoms with E-state index in [1.54, 1.807) is 17.5 Å². The fraction of sp³-hybridized carbons (Fsp3) is 0.471. The van der Waals surface area contributed by atoms with Crippen LogP contribution in [0.1, 0.15) is 23.5 Å². The number of nitrogens with zero attached hydrogens (tertiary/aromatic N) is 6. The predicted octanol–water partition coefficient (Wildman–Crippen LogP) is 2.79. The third kappa shape index (κ3) is 3.16. The molecular weight excluding hydrogens is 358 g/mol. The Morgan fingerprint density at radius 1 is 1.38 bits per heavy atom. The number of amidine groups is 1. The van der Waals surface area contributed by atoms with Crippen LogP contribution in [0.2, 0.25) is 0 Å². The normalized spacial score (nSPS) is 20.3. The number of hydrogen-bond donors (Lipinski definition) is 0. The number of rotatable bonds is 5. The van der Waals surface area contributed by atoms with Gasteiger partial charge in [-0.1, -0.05) is 0 Å². The minimum Gasteiger partial charge on any atom is -0.327 e. The lowest BCUT2D eigenvalue weighted by molar-refractivity contribution is 0.0566. The Morgan fingerprint density at radius 2 is 2.23 bits per heavy atom. The summed E-state index contributed by atoms with van der Waals surface area (Å²) in [6.07, 6.45) is 5.60. The topological polar surface area (TPSA) is 49.6 Å². The molecule has 0 aliphatic carbocycles. The molecule has 2 aliphatic rings. The van der Waals surface area contributed by atoms with Crippen LogP contribution in [0, 0.1) is 5.92 Å². The smallest absolute Gasteiger partial charge is 0.327 e. The molecule has 4 rings (SSSR count). The van der Waals surface area contributed by atoms with Gasteiger partial charge in [0.2, 0.25) is 0 Å². The van der Waals surface area contributed by atoms with Gasteiger partial charge in [0.15, 0.2) is 10.8 Å². The third-order valence-electron chi connectivity index (χ3n) is 4.64. The molecule has 138 valence electrons. The Morgan fingerprint density at radius 3 is 2.88 bits per heavy atom. The van der Waals surface area contributed by atoms with Crippen molar-refractivity contribution < 1.29 is 8.78 Å². The molecule has 6 nitrogen and oxygen atoms in total. The summed E-state index contributed by atoms with van der Waals surface area (Å²) in [7, 11) is 4.13. The fourth-order valence-corrected chi connectivity index (χ4v) is 4.31. The highest BCUT2D eigenvalue weighted by atomic mass is 32.1. The highest BCUT2D eigenvalue weighted by Gasteiger charge is 2.36. The number of allylic oxidation sites excluding steroid dienone is 1. The summed E-state index contributed by atoms with van der Waals surface area (Å²) >= 11 is 1.57. The van der Waals surface area contributed by atoms with Crippen molar-refractivity contribution in [2.45, 2.75) is 13.0 Å². The van der Waals surface area contributed by atoms with Crippen molar-refractivity contribution in [2.75, 3.05) is 33.7 Å². The first-order chi connectivity index (χ1) is 12.5. The van der Waals surface area contributed by atoms with Crippen molar-refractivity contribution in [1.82, 2.24) is 24.6 Å². The van der Waals surface area contributed by atoms with Crippen molar-refractivity contribution in [2.24, 2.45) is 10.9 Å². The second kappa shape index (κ2) is 6.88. The first kappa shape index (κ1) is 17.3. The van der Waals surface area contributed by atoms with E-state index in [-0.39, 0.29) is 0 Å². The standard InChI is InChI=1S/C17H20F2N6S/c1-23(2)8-11-5-14-13(12-6-22-25(10-12)17(18)19)7-21-15(24(14)9-11)16-20-3-4-26-16/h3-4,6,10-11,17H,5,7-9H2,1-2H3. The molecule has 9 heteroatoms. The summed E-state index contributed by atoms with van der Waals surface area (Å²) in [6, 6.07) is 0. The molecule has 4 heterocycles. The van der Waals surface area contributed by atoms with Crippen molar-refractivity contribution >= 4 is 22.7 Å².